The second-order valence-corrected chi connectivity index (χ2v) is 6.73. The molecule has 1 unspecified atom stereocenters. The lowest BCUT2D eigenvalue weighted by atomic mass is 10.1. The summed E-state index contributed by atoms with van der Waals surface area (Å²) in [6, 6.07) is 4.72. The zero-order valence-electron chi connectivity index (χ0n) is 13.0. The lowest BCUT2D eigenvalue weighted by Crippen LogP contribution is -2.34. The average molecular weight is 326 g/mol. The molecule has 1 N–H and O–H groups in total. The van der Waals surface area contributed by atoms with Gasteiger partial charge >= 0.3 is 0 Å². The maximum absolute atomic E-state index is 6.48. The molecule has 0 aromatic carbocycles. The molecule has 2 aromatic rings. The van der Waals surface area contributed by atoms with Gasteiger partial charge in [0.1, 0.15) is 0 Å². The Kier molecular flexibility index (Phi) is 6.27. The number of aromatic nitrogens is 2. The Morgan fingerprint density at radius 3 is 2.76 bits per heavy atom. The monoisotopic (exact) mass is 325 g/mol. The molecule has 0 aliphatic rings. The second kappa shape index (κ2) is 7.97. The first-order chi connectivity index (χ1) is 10.2. The Balaban J connectivity index is 2.12. The number of halogens is 1. The van der Waals surface area contributed by atoms with E-state index in [0.29, 0.717) is 6.04 Å². The smallest absolute Gasteiger partial charge is 0.0850 e. The van der Waals surface area contributed by atoms with Crippen LogP contribution in [0.3, 0.4) is 0 Å². The summed E-state index contributed by atoms with van der Waals surface area (Å²) in [5.41, 5.74) is 2.14. The van der Waals surface area contributed by atoms with E-state index in [4.69, 9.17) is 11.6 Å². The first-order valence-corrected chi connectivity index (χ1v) is 8.87. The summed E-state index contributed by atoms with van der Waals surface area (Å²) in [6.07, 6.45) is 3.98. The molecule has 0 amide bonds. The third-order valence-corrected chi connectivity index (χ3v) is 4.99. The van der Waals surface area contributed by atoms with Gasteiger partial charge in [-0.15, -0.1) is 11.3 Å². The Morgan fingerprint density at radius 1 is 1.38 bits per heavy atom. The molecule has 116 valence electrons. The summed E-state index contributed by atoms with van der Waals surface area (Å²) in [4.78, 5) is 1.41. The summed E-state index contributed by atoms with van der Waals surface area (Å²) in [5, 5.41) is 11.1. The molecular formula is C16H24ClN3S. The van der Waals surface area contributed by atoms with Gasteiger partial charge in [0.25, 0.3) is 0 Å². The minimum absolute atomic E-state index is 0.404. The van der Waals surface area contributed by atoms with Gasteiger partial charge in [-0.1, -0.05) is 31.5 Å². The molecule has 1 atom stereocenters. The van der Waals surface area contributed by atoms with Crippen LogP contribution in [0.2, 0.25) is 5.02 Å². The van der Waals surface area contributed by atoms with Crippen molar-refractivity contribution < 1.29 is 0 Å². The summed E-state index contributed by atoms with van der Waals surface area (Å²) in [5.74, 6) is 0. The Hall–Kier alpha value is -0.840. The minimum Gasteiger partial charge on any atom is -0.313 e. The predicted molar refractivity (Wildman–Crippen MR) is 91.4 cm³/mol. The van der Waals surface area contributed by atoms with Crippen LogP contribution in [0, 0.1) is 0 Å². The van der Waals surface area contributed by atoms with E-state index in [1.54, 1.807) is 0 Å². The highest BCUT2D eigenvalue weighted by molar-refractivity contribution is 7.09. The molecule has 2 rings (SSSR count). The molecule has 0 radical (unpaired) electrons. The van der Waals surface area contributed by atoms with Crippen molar-refractivity contribution in [2.45, 2.75) is 45.6 Å². The zero-order valence-corrected chi connectivity index (χ0v) is 14.6. The van der Waals surface area contributed by atoms with E-state index in [1.165, 1.54) is 4.88 Å². The number of aryl methyl sites for hydroxylation is 2. The number of nitrogens with zero attached hydrogens (tertiary/aromatic N) is 2. The summed E-state index contributed by atoms with van der Waals surface area (Å²) in [7, 11) is 1.99. The molecule has 5 heteroatoms. The van der Waals surface area contributed by atoms with E-state index in [2.05, 4.69) is 41.8 Å². The fraction of sp³-hybridized carbons (Fsp3) is 0.562. The van der Waals surface area contributed by atoms with E-state index < -0.39 is 0 Å². The number of rotatable bonds is 8. The number of nitrogens with one attached hydrogen (secondary N) is 1. The highest BCUT2D eigenvalue weighted by Gasteiger charge is 2.18. The van der Waals surface area contributed by atoms with Gasteiger partial charge in [0.05, 0.1) is 16.4 Å². The van der Waals surface area contributed by atoms with Crippen molar-refractivity contribution in [3.8, 4) is 0 Å². The van der Waals surface area contributed by atoms with Crippen molar-refractivity contribution in [1.29, 1.82) is 0 Å². The maximum Gasteiger partial charge on any atom is 0.0850 e. The first kappa shape index (κ1) is 16.5. The molecule has 0 aliphatic heterocycles. The van der Waals surface area contributed by atoms with Crippen molar-refractivity contribution in [1.82, 2.24) is 15.1 Å². The highest BCUT2D eigenvalue weighted by atomic mass is 35.5. The van der Waals surface area contributed by atoms with Gasteiger partial charge < -0.3 is 5.32 Å². The molecule has 0 bridgehead atoms. The highest BCUT2D eigenvalue weighted by Crippen LogP contribution is 2.23. The zero-order chi connectivity index (χ0) is 15.2. The quantitative estimate of drug-likeness (QED) is 0.799. The summed E-state index contributed by atoms with van der Waals surface area (Å²) in [6.45, 7) is 5.32. The SMILES string of the molecule is CCCNC(Cc1cccs1)Cc1c(Cl)c(CC)nn1C. The molecule has 2 aromatic heterocycles. The van der Waals surface area contributed by atoms with Gasteiger partial charge in [0, 0.05) is 24.4 Å². The number of hydrogen-bond acceptors (Lipinski definition) is 3. The van der Waals surface area contributed by atoms with Crippen LogP contribution < -0.4 is 5.32 Å². The molecule has 0 spiro atoms. The molecule has 3 nitrogen and oxygen atoms in total. The summed E-state index contributed by atoms with van der Waals surface area (Å²) >= 11 is 8.30. The Morgan fingerprint density at radius 2 is 2.19 bits per heavy atom. The lowest BCUT2D eigenvalue weighted by Gasteiger charge is -2.18. The number of hydrogen-bond donors (Lipinski definition) is 1. The van der Waals surface area contributed by atoms with Gasteiger partial charge in [-0.3, -0.25) is 4.68 Å². The van der Waals surface area contributed by atoms with Gasteiger partial charge in [-0.25, -0.2) is 0 Å². The normalized spacial score (nSPS) is 12.8. The van der Waals surface area contributed by atoms with Crippen LogP contribution in [0.25, 0.3) is 0 Å². The number of thiophene rings is 1. The van der Waals surface area contributed by atoms with E-state index >= 15 is 0 Å². The van der Waals surface area contributed by atoms with Crippen LogP contribution in [0.15, 0.2) is 17.5 Å². The largest absolute Gasteiger partial charge is 0.313 e. The summed E-state index contributed by atoms with van der Waals surface area (Å²) < 4.78 is 1.94. The van der Waals surface area contributed by atoms with Crippen LogP contribution in [0.5, 0.6) is 0 Å². The van der Waals surface area contributed by atoms with Crippen LogP contribution in [0.1, 0.15) is 36.5 Å². The Bertz CT molecular complexity index is 548. The van der Waals surface area contributed by atoms with Gasteiger partial charge in [0.15, 0.2) is 0 Å². The van der Waals surface area contributed by atoms with Crippen molar-refractivity contribution in [3.05, 3.63) is 38.8 Å². The molecule has 0 saturated heterocycles. The maximum atomic E-state index is 6.48. The Labute approximate surface area is 136 Å². The van der Waals surface area contributed by atoms with E-state index in [-0.39, 0.29) is 0 Å². The molecule has 0 fully saturated rings. The van der Waals surface area contributed by atoms with E-state index in [9.17, 15) is 0 Å². The van der Waals surface area contributed by atoms with Crippen LogP contribution in [-0.4, -0.2) is 22.4 Å². The second-order valence-electron chi connectivity index (χ2n) is 5.32. The van der Waals surface area contributed by atoms with Crippen LogP contribution >= 0.6 is 22.9 Å². The minimum atomic E-state index is 0.404. The van der Waals surface area contributed by atoms with E-state index in [1.807, 2.05) is 23.1 Å². The van der Waals surface area contributed by atoms with Crippen LogP contribution in [-0.2, 0) is 26.3 Å². The molecule has 21 heavy (non-hydrogen) atoms. The lowest BCUT2D eigenvalue weighted by molar-refractivity contribution is 0.493. The van der Waals surface area contributed by atoms with Crippen LogP contribution in [0.4, 0.5) is 0 Å². The molecule has 0 saturated carbocycles. The van der Waals surface area contributed by atoms with Crippen molar-refractivity contribution in [2.24, 2.45) is 7.05 Å². The third kappa shape index (κ3) is 4.31. The predicted octanol–water partition coefficient (Wildman–Crippen LogP) is 3.85. The van der Waals surface area contributed by atoms with Gasteiger partial charge in [-0.05, 0) is 37.3 Å². The molecule has 2 heterocycles. The standard InChI is InChI=1S/C16H24ClN3S/c1-4-8-18-12(10-13-7-6-9-21-13)11-15-16(17)14(5-2)19-20(15)3/h6-7,9,12,18H,4-5,8,10-11H2,1-3H3. The fourth-order valence-corrected chi connectivity index (χ4v) is 3.67. The van der Waals surface area contributed by atoms with Gasteiger partial charge in [0.2, 0.25) is 0 Å². The molecule has 0 aliphatic carbocycles. The topological polar surface area (TPSA) is 29.9 Å². The van der Waals surface area contributed by atoms with Gasteiger partial charge in [-0.2, -0.15) is 5.10 Å². The third-order valence-electron chi connectivity index (χ3n) is 3.65. The van der Waals surface area contributed by atoms with Crippen molar-refractivity contribution >= 4 is 22.9 Å². The first-order valence-electron chi connectivity index (χ1n) is 7.61. The fourth-order valence-electron chi connectivity index (χ4n) is 2.51. The molecular weight excluding hydrogens is 302 g/mol. The van der Waals surface area contributed by atoms with Crippen molar-refractivity contribution in [3.63, 3.8) is 0 Å². The van der Waals surface area contributed by atoms with E-state index in [0.717, 1.165) is 48.6 Å². The average Bonchev–Trinajstić information content (AvgIpc) is 3.07. The van der Waals surface area contributed by atoms with Crippen molar-refractivity contribution in [2.75, 3.05) is 6.54 Å².